The second-order valence-electron chi connectivity index (χ2n) is 2.71. The van der Waals surface area contributed by atoms with Crippen LogP contribution >= 0.6 is 15.9 Å². The maximum Gasteiger partial charge on any atom is 0.305 e. The van der Waals surface area contributed by atoms with Gasteiger partial charge in [0.25, 0.3) is 0 Å². The van der Waals surface area contributed by atoms with Gasteiger partial charge < -0.3 is 4.74 Å². The molecule has 0 amide bonds. The van der Waals surface area contributed by atoms with Crippen molar-refractivity contribution in [1.29, 1.82) is 0 Å². The highest BCUT2D eigenvalue weighted by molar-refractivity contribution is 9.09. The second-order valence-corrected chi connectivity index (χ2v) is 4.01. The van der Waals surface area contributed by atoms with Crippen LogP contribution in [0.2, 0.25) is 0 Å². The highest BCUT2D eigenvalue weighted by atomic mass is 79.9. The maximum atomic E-state index is 10.7. The second kappa shape index (κ2) is 3.37. The van der Waals surface area contributed by atoms with Crippen molar-refractivity contribution in [3.63, 3.8) is 0 Å². The summed E-state index contributed by atoms with van der Waals surface area (Å²) in [7, 11) is 1.44. The van der Waals surface area contributed by atoms with Gasteiger partial charge in [-0.05, 0) is 18.8 Å². The average molecular weight is 207 g/mol. The van der Waals surface area contributed by atoms with Crippen LogP contribution in [0, 0.1) is 5.92 Å². The average Bonchev–Trinajstić information content (AvgIpc) is 1.84. The number of hydrogen-bond acceptors (Lipinski definition) is 2. The molecule has 0 heterocycles. The van der Waals surface area contributed by atoms with E-state index >= 15 is 0 Å². The summed E-state index contributed by atoms with van der Waals surface area (Å²) in [4.78, 5) is 11.3. The number of halogens is 1. The van der Waals surface area contributed by atoms with Crippen molar-refractivity contribution in [2.75, 3.05) is 7.11 Å². The van der Waals surface area contributed by atoms with Crippen molar-refractivity contribution >= 4 is 21.9 Å². The molecule has 1 saturated carbocycles. The van der Waals surface area contributed by atoms with Crippen molar-refractivity contribution < 1.29 is 9.53 Å². The first-order chi connectivity index (χ1) is 4.72. The fourth-order valence-electron chi connectivity index (χ4n) is 1.14. The number of rotatable bonds is 2. The highest BCUT2D eigenvalue weighted by Crippen LogP contribution is 2.35. The zero-order chi connectivity index (χ0) is 7.56. The molecule has 1 aliphatic rings. The molecule has 1 rings (SSSR count). The van der Waals surface area contributed by atoms with Crippen molar-refractivity contribution in [2.24, 2.45) is 5.92 Å². The van der Waals surface area contributed by atoms with E-state index in [1.807, 2.05) is 0 Å². The molecule has 10 heavy (non-hydrogen) atoms. The first kappa shape index (κ1) is 8.05. The SMILES string of the molecule is COC(=O)CC1CC(Br)C1. The molecular weight excluding hydrogens is 196 g/mol. The van der Waals surface area contributed by atoms with E-state index in [9.17, 15) is 4.79 Å². The quantitative estimate of drug-likeness (QED) is 0.509. The molecule has 0 spiro atoms. The van der Waals surface area contributed by atoms with Crippen LogP contribution in [-0.2, 0) is 9.53 Å². The number of carbonyl (C=O) groups is 1. The lowest BCUT2D eigenvalue weighted by Crippen LogP contribution is -2.26. The van der Waals surface area contributed by atoms with Crippen LogP contribution in [0.4, 0.5) is 0 Å². The molecule has 0 bridgehead atoms. The Morgan fingerprint density at radius 3 is 2.70 bits per heavy atom. The van der Waals surface area contributed by atoms with Crippen molar-refractivity contribution in [3.8, 4) is 0 Å². The molecule has 1 fully saturated rings. The fraction of sp³-hybridized carbons (Fsp3) is 0.857. The summed E-state index contributed by atoms with van der Waals surface area (Å²) >= 11 is 3.46. The normalized spacial score (nSPS) is 31.0. The first-order valence-electron chi connectivity index (χ1n) is 3.43. The molecular formula is C7H11BrO2. The number of hydrogen-bond donors (Lipinski definition) is 0. The van der Waals surface area contributed by atoms with Crippen LogP contribution in [0.5, 0.6) is 0 Å². The van der Waals surface area contributed by atoms with Crippen LogP contribution < -0.4 is 0 Å². The summed E-state index contributed by atoms with van der Waals surface area (Å²) in [6.45, 7) is 0. The number of methoxy groups -OCH3 is 1. The standard InChI is InChI=1S/C7H11BrO2/c1-10-7(9)4-5-2-6(8)3-5/h5-6H,2-4H2,1H3. The molecule has 0 unspecified atom stereocenters. The van der Waals surface area contributed by atoms with Gasteiger partial charge in [0, 0.05) is 11.2 Å². The van der Waals surface area contributed by atoms with Gasteiger partial charge in [0.1, 0.15) is 0 Å². The minimum Gasteiger partial charge on any atom is -0.469 e. The van der Waals surface area contributed by atoms with Crippen LogP contribution in [0.3, 0.4) is 0 Å². The fourth-order valence-corrected chi connectivity index (χ4v) is 2.20. The highest BCUT2D eigenvalue weighted by Gasteiger charge is 2.28. The molecule has 0 aromatic heterocycles. The Hall–Kier alpha value is -0.0500. The summed E-state index contributed by atoms with van der Waals surface area (Å²) in [5.74, 6) is 0.487. The van der Waals surface area contributed by atoms with E-state index in [1.54, 1.807) is 0 Å². The molecule has 0 aliphatic heterocycles. The van der Waals surface area contributed by atoms with E-state index < -0.39 is 0 Å². The summed E-state index contributed by atoms with van der Waals surface area (Å²) in [5, 5.41) is 0. The molecule has 0 atom stereocenters. The van der Waals surface area contributed by atoms with Crippen molar-refractivity contribution in [2.45, 2.75) is 24.1 Å². The molecule has 0 saturated heterocycles. The molecule has 0 radical (unpaired) electrons. The first-order valence-corrected chi connectivity index (χ1v) is 4.35. The van der Waals surface area contributed by atoms with E-state index in [0.717, 1.165) is 12.8 Å². The van der Waals surface area contributed by atoms with Gasteiger partial charge >= 0.3 is 5.97 Å². The molecule has 58 valence electrons. The van der Waals surface area contributed by atoms with Gasteiger partial charge in [-0.15, -0.1) is 0 Å². The maximum absolute atomic E-state index is 10.7. The molecule has 2 nitrogen and oxygen atoms in total. The van der Waals surface area contributed by atoms with Crippen LogP contribution in [0.15, 0.2) is 0 Å². The Balaban J connectivity index is 2.10. The Kier molecular flexibility index (Phi) is 2.72. The Labute approximate surface area is 69.1 Å². The summed E-state index contributed by atoms with van der Waals surface area (Å²) in [6.07, 6.45) is 2.84. The van der Waals surface area contributed by atoms with E-state index in [1.165, 1.54) is 7.11 Å². The van der Waals surface area contributed by atoms with E-state index in [-0.39, 0.29) is 5.97 Å². The molecule has 0 aromatic carbocycles. The van der Waals surface area contributed by atoms with Crippen LogP contribution in [0.25, 0.3) is 0 Å². The smallest absolute Gasteiger partial charge is 0.305 e. The van der Waals surface area contributed by atoms with Crippen LogP contribution in [0.1, 0.15) is 19.3 Å². The molecule has 3 heteroatoms. The lowest BCUT2D eigenvalue weighted by Gasteiger charge is -2.29. The Morgan fingerprint density at radius 1 is 1.70 bits per heavy atom. The predicted molar refractivity (Wildman–Crippen MR) is 42.1 cm³/mol. The zero-order valence-electron chi connectivity index (χ0n) is 5.97. The minimum atomic E-state index is -0.0793. The van der Waals surface area contributed by atoms with Gasteiger partial charge in [-0.2, -0.15) is 0 Å². The van der Waals surface area contributed by atoms with Gasteiger partial charge in [0.05, 0.1) is 7.11 Å². The topological polar surface area (TPSA) is 26.3 Å². The van der Waals surface area contributed by atoms with Gasteiger partial charge in [-0.25, -0.2) is 0 Å². The van der Waals surface area contributed by atoms with Crippen molar-refractivity contribution in [1.82, 2.24) is 0 Å². The van der Waals surface area contributed by atoms with Gasteiger partial charge in [0.2, 0.25) is 0 Å². The number of alkyl halides is 1. The van der Waals surface area contributed by atoms with Gasteiger partial charge in [-0.1, -0.05) is 15.9 Å². The van der Waals surface area contributed by atoms with Gasteiger partial charge in [-0.3, -0.25) is 4.79 Å². The Morgan fingerprint density at radius 2 is 2.30 bits per heavy atom. The van der Waals surface area contributed by atoms with E-state index in [2.05, 4.69) is 20.7 Å². The summed E-state index contributed by atoms with van der Waals surface area (Å²) in [5.41, 5.74) is 0. The summed E-state index contributed by atoms with van der Waals surface area (Å²) in [6, 6.07) is 0. The van der Waals surface area contributed by atoms with Gasteiger partial charge in [0.15, 0.2) is 0 Å². The third-order valence-electron chi connectivity index (χ3n) is 1.86. The zero-order valence-corrected chi connectivity index (χ0v) is 7.56. The molecule has 0 N–H and O–H groups in total. The predicted octanol–water partition coefficient (Wildman–Crippen LogP) is 1.72. The van der Waals surface area contributed by atoms with E-state index in [0.29, 0.717) is 17.2 Å². The Bertz CT molecular complexity index is 130. The third kappa shape index (κ3) is 1.97. The third-order valence-corrected chi connectivity index (χ3v) is 2.61. The monoisotopic (exact) mass is 206 g/mol. The molecule has 1 aliphatic carbocycles. The number of esters is 1. The number of ether oxygens (including phenoxy) is 1. The summed E-state index contributed by atoms with van der Waals surface area (Å²) < 4.78 is 4.54. The molecule has 0 aromatic rings. The largest absolute Gasteiger partial charge is 0.469 e. The van der Waals surface area contributed by atoms with Crippen molar-refractivity contribution in [3.05, 3.63) is 0 Å². The van der Waals surface area contributed by atoms with E-state index in [4.69, 9.17) is 0 Å². The minimum absolute atomic E-state index is 0.0793. The number of carbonyl (C=O) groups excluding carboxylic acids is 1. The lowest BCUT2D eigenvalue weighted by molar-refractivity contribution is -0.142. The van der Waals surface area contributed by atoms with Crippen LogP contribution in [-0.4, -0.2) is 17.9 Å². The lowest BCUT2D eigenvalue weighted by atomic mass is 9.83.